The summed E-state index contributed by atoms with van der Waals surface area (Å²) >= 11 is 5.99. The lowest BCUT2D eigenvalue weighted by atomic mass is 10.2. The highest BCUT2D eigenvalue weighted by Gasteiger charge is 2.10. The van der Waals surface area contributed by atoms with Crippen LogP contribution in [0.15, 0.2) is 0 Å². The molecule has 0 aliphatic carbocycles. The lowest BCUT2D eigenvalue weighted by molar-refractivity contribution is 0.170. The van der Waals surface area contributed by atoms with Crippen molar-refractivity contribution in [3.63, 3.8) is 0 Å². The van der Waals surface area contributed by atoms with Crippen LogP contribution in [-0.4, -0.2) is 39.4 Å². The number of nitrogens with zero attached hydrogens (tertiary/aromatic N) is 1. The fourth-order valence-corrected chi connectivity index (χ4v) is 1.67. The van der Waals surface area contributed by atoms with E-state index in [0.717, 1.165) is 30.8 Å². The summed E-state index contributed by atoms with van der Waals surface area (Å²) in [6, 6.07) is -0.326. The first kappa shape index (κ1) is 14.4. The molecule has 5 nitrogen and oxygen atoms in total. The molecular weight excluding hydrogens is 242 g/mol. The highest BCUT2D eigenvalue weighted by Crippen LogP contribution is 2.14. The highest BCUT2D eigenvalue weighted by atomic mass is 35.5. The second-order valence-corrected chi connectivity index (χ2v) is 4.36. The van der Waals surface area contributed by atoms with Gasteiger partial charge in [-0.3, -0.25) is 0 Å². The van der Waals surface area contributed by atoms with Crippen molar-refractivity contribution in [1.29, 1.82) is 0 Å². The zero-order valence-corrected chi connectivity index (χ0v) is 10.8. The number of rotatable bonds is 8. The van der Waals surface area contributed by atoms with E-state index in [1.54, 1.807) is 0 Å². The molecule has 0 fully saturated rings. The molecule has 17 heavy (non-hydrogen) atoms. The SMILES string of the molecule is CCCCc1nc(Cl)c(CNC(CO)CO)[nH]1. The number of imidazole rings is 1. The van der Waals surface area contributed by atoms with Crippen LogP contribution in [0.25, 0.3) is 0 Å². The molecule has 0 unspecified atom stereocenters. The standard InChI is InChI=1S/C11H20ClN3O2/c1-2-3-4-10-14-9(11(12)15-10)5-13-8(6-16)7-17/h8,13,16-17H,2-7H2,1H3,(H,14,15). The number of aliphatic hydroxyl groups is 2. The first-order valence-corrected chi connectivity index (χ1v) is 6.27. The van der Waals surface area contributed by atoms with E-state index < -0.39 is 0 Å². The van der Waals surface area contributed by atoms with Crippen molar-refractivity contribution in [3.8, 4) is 0 Å². The number of aromatic nitrogens is 2. The van der Waals surface area contributed by atoms with Crippen LogP contribution in [0.4, 0.5) is 0 Å². The summed E-state index contributed by atoms with van der Waals surface area (Å²) in [6.45, 7) is 2.37. The first-order valence-electron chi connectivity index (χ1n) is 5.89. The van der Waals surface area contributed by atoms with Gasteiger partial charge in [-0.15, -0.1) is 0 Å². The fourth-order valence-electron chi connectivity index (χ4n) is 1.45. The van der Waals surface area contributed by atoms with Gasteiger partial charge in [0.1, 0.15) is 5.82 Å². The quantitative estimate of drug-likeness (QED) is 0.559. The Labute approximate surface area is 106 Å². The van der Waals surface area contributed by atoms with E-state index in [1.807, 2.05) is 0 Å². The molecule has 0 bridgehead atoms. The van der Waals surface area contributed by atoms with Gasteiger partial charge in [-0.25, -0.2) is 4.98 Å². The van der Waals surface area contributed by atoms with Crippen molar-refractivity contribution >= 4 is 11.6 Å². The molecule has 0 amide bonds. The number of nitrogens with one attached hydrogen (secondary N) is 2. The van der Waals surface area contributed by atoms with Gasteiger partial charge in [0.15, 0.2) is 5.15 Å². The molecule has 0 aliphatic heterocycles. The van der Waals surface area contributed by atoms with E-state index >= 15 is 0 Å². The van der Waals surface area contributed by atoms with Crippen molar-refractivity contribution in [2.75, 3.05) is 13.2 Å². The number of H-pyrrole nitrogens is 1. The number of hydrogen-bond acceptors (Lipinski definition) is 4. The first-order chi connectivity index (χ1) is 8.21. The number of aliphatic hydroxyl groups excluding tert-OH is 2. The van der Waals surface area contributed by atoms with E-state index in [1.165, 1.54) is 0 Å². The maximum absolute atomic E-state index is 8.91. The Morgan fingerprint density at radius 1 is 1.41 bits per heavy atom. The Bertz CT molecular complexity index is 327. The number of hydrogen-bond donors (Lipinski definition) is 4. The molecule has 98 valence electrons. The van der Waals surface area contributed by atoms with Crippen LogP contribution >= 0.6 is 11.6 Å². The molecule has 0 radical (unpaired) electrons. The van der Waals surface area contributed by atoms with Crippen LogP contribution in [0.2, 0.25) is 5.15 Å². The molecule has 4 N–H and O–H groups in total. The smallest absolute Gasteiger partial charge is 0.151 e. The van der Waals surface area contributed by atoms with Crippen molar-refractivity contribution in [2.24, 2.45) is 0 Å². The lowest BCUT2D eigenvalue weighted by Gasteiger charge is -2.12. The molecule has 0 saturated carbocycles. The molecule has 0 saturated heterocycles. The predicted molar refractivity (Wildman–Crippen MR) is 67.0 cm³/mol. The van der Waals surface area contributed by atoms with Crippen LogP contribution < -0.4 is 5.32 Å². The van der Waals surface area contributed by atoms with Crippen LogP contribution in [-0.2, 0) is 13.0 Å². The van der Waals surface area contributed by atoms with Crippen molar-refractivity contribution < 1.29 is 10.2 Å². The summed E-state index contributed by atoms with van der Waals surface area (Å²) in [4.78, 5) is 7.37. The summed E-state index contributed by atoms with van der Waals surface area (Å²) in [6.07, 6.45) is 3.08. The van der Waals surface area contributed by atoms with Crippen molar-refractivity contribution in [3.05, 3.63) is 16.7 Å². The lowest BCUT2D eigenvalue weighted by Crippen LogP contribution is -2.35. The molecule has 1 aromatic heterocycles. The van der Waals surface area contributed by atoms with Gasteiger partial charge in [-0.2, -0.15) is 0 Å². The number of unbranched alkanes of at least 4 members (excludes halogenated alkanes) is 1. The predicted octanol–water partition coefficient (Wildman–Crippen LogP) is 0.848. The minimum Gasteiger partial charge on any atom is -0.395 e. The molecule has 0 atom stereocenters. The van der Waals surface area contributed by atoms with E-state index in [9.17, 15) is 0 Å². The third-order valence-electron chi connectivity index (χ3n) is 2.55. The Hall–Kier alpha value is -0.620. The Balaban J connectivity index is 2.50. The molecule has 6 heteroatoms. The van der Waals surface area contributed by atoms with Gasteiger partial charge in [0.2, 0.25) is 0 Å². The highest BCUT2D eigenvalue weighted by molar-refractivity contribution is 6.30. The maximum atomic E-state index is 8.91. The Morgan fingerprint density at radius 2 is 2.12 bits per heavy atom. The second kappa shape index (κ2) is 7.66. The third kappa shape index (κ3) is 4.63. The van der Waals surface area contributed by atoms with E-state index in [0.29, 0.717) is 11.7 Å². The zero-order chi connectivity index (χ0) is 12.7. The molecule has 0 aliphatic rings. The number of aryl methyl sites for hydroxylation is 1. The number of halogens is 1. The summed E-state index contributed by atoms with van der Waals surface area (Å²) in [5.41, 5.74) is 0.796. The fraction of sp³-hybridized carbons (Fsp3) is 0.727. The average Bonchev–Trinajstić information content (AvgIpc) is 2.69. The van der Waals surface area contributed by atoms with Crippen LogP contribution in [0.5, 0.6) is 0 Å². The summed E-state index contributed by atoms with van der Waals surface area (Å²) in [5.74, 6) is 0.887. The minimum atomic E-state index is -0.326. The topological polar surface area (TPSA) is 81.2 Å². The van der Waals surface area contributed by atoms with Crippen molar-refractivity contribution in [2.45, 2.75) is 38.8 Å². The molecule has 0 aromatic carbocycles. The van der Waals surface area contributed by atoms with Gasteiger partial charge < -0.3 is 20.5 Å². The van der Waals surface area contributed by atoms with E-state index in [-0.39, 0.29) is 19.3 Å². The monoisotopic (exact) mass is 261 g/mol. The zero-order valence-electron chi connectivity index (χ0n) is 10.0. The van der Waals surface area contributed by atoms with Gasteiger partial charge in [-0.05, 0) is 6.42 Å². The summed E-state index contributed by atoms with van der Waals surface area (Å²) in [7, 11) is 0. The Morgan fingerprint density at radius 3 is 2.71 bits per heavy atom. The molecule has 1 heterocycles. The van der Waals surface area contributed by atoms with Gasteiger partial charge in [0, 0.05) is 13.0 Å². The van der Waals surface area contributed by atoms with Gasteiger partial charge in [-0.1, -0.05) is 24.9 Å². The van der Waals surface area contributed by atoms with Crippen LogP contribution in [0.1, 0.15) is 31.3 Å². The summed E-state index contributed by atoms with van der Waals surface area (Å²) in [5, 5.41) is 21.3. The van der Waals surface area contributed by atoms with Gasteiger partial charge in [0.05, 0.1) is 24.9 Å². The van der Waals surface area contributed by atoms with Crippen LogP contribution in [0, 0.1) is 0 Å². The molecule has 0 spiro atoms. The van der Waals surface area contributed by atoms with Crippen LogP contribution in [0.3, 0.4) is 0 Å². The average molecular weight is 262 g/mol. The van der Waals surface area contributed by atoms with E-state index in [4.69, 9.17) is 21.8 Å². The van der Waals surface area contributed by atoms with Gasteiger partial charge >= 0.3 is 0 Å². The normalized spacial score (nSPS) is 11.4. The minimum absolute atomic E-state index is 0.106. The van der Waals surface area contributed by atoms with Gasteiger partial charge in [0.25, 0.3) is 0 Å². The maximum Gasteiger partial charge on any atom is 0.151 e. The number of aromatic amines is 1. The summed E-state index contributed by atoms with van der Waals surface area (Å²) < 4.78 is 0. The molecule has 1 rings (SSSR count). The third-order valence-corrected chi connectivity index (χ3v) is 2.87. The molecular formula is C11H20ClN3O2. The Kier molecular flexibility index (Phi) is 6.50. The van der Waals surface area contributed by atoms with E-state index in [2.05, 4.69) is 22.2 Å². The van der Waals surface area contributed by atoms with Crippen molar-refractivity contribution in [1.82, 2.24) is 15.3 Å². The largest absolute Gasteiger partial charge is 0.395 e. The second-order valence-electron chi connectivity index (χ2n) is 4.00. The molecule has 1 aromatic rings.